The Labute approximate surface area is 87.2 Å². The van der Waals surface area contributed by atoms with Crippen LogP contribution in [-0.2, 0) is 5.88 Å². The molecule has 1 nitrogen and oxygen atoms in total. The van der Waals surface area contributed by atoms with E-state index in [9.17, 15) is 0 Å². The summed E-state index contributed by atoms with van der Waals surface area (Å²) >= 11 is 12.3. The molecular weight excluding hydrogens is 293 g/mol. The second-order valence-electron chi connectivity index (χ2n) is 2.09. The minimum absolute atomic E-state index is 0.434. The molecule has 0 aliphatic carbocycles. The van der Waals surface area contributed by atoms with Gasteiger partial charge in [-0.25, -0.2) is 0 Å². The highest BCUT2D eigenvalue weighted by molar-refractivity contribution is 9.11. The Morgan fingerprint density at radius 2 is 2.00 bits per heavy atom. The number of hydrogen-bond acceptors (Lipinski definition) is 1. The number of anilines is 1. The monoisotopic (exact) mass is 297 g/mol. The van der Waals surface area contributed by atoms with Crippen molar-refractivity contribution in [3.05, 3.63) is 26.6 Å². The van der Waals surface area contributed by atoms with Crippen LogP contribution in [0.25, 0.3) is 0 Å². The third-order valence-corrected chi connectivity index (χ3v) is 2.73. The van der Waals surface area contributed by atoms with Crippen LogP contribution in [0.1, 0.15) is 5.56 Å². The summed E-state index contributed by atoms with van der Waals surface area (Å²) in [6, 6.07) is 3.80. The van der Waals surface area contributed by atoms with Gasteiger partial charge in [0.05, 0.1) is 5.69 Å². The fourth-order valence-corrected chi connectivity index (χ4v) is 2.28. The van der Waals surface area contributed by atoms with Crippen LogP contribution in [0, 0.1) is 0 Å². The highest BCUT2D eigenvalue weighted by atomic mass is 79.9. The molecule has 60 valence electrons. The zero-order chi connectivity index (χ0) is 8.43. The van der Waals surface area contributed by atoms with Gasteiger partial charge in [-0.05, 0) is 33.6 Å². The predicted octanol–water partition coefficient (Wildman–Crippen LogP) is 3.53. The summed E-state index contributed by atoms with van der Waals surface area (Å²) in [4.78, 5) is 0. The maximum atomic E-state index is 5.71. The number of alkyl halides is 1. The van der Waals surface area contributed by atoms with E-state index in [1.807, 2.05) is 12.1 Å². The summed E-state index contributed by atoms with van der Waals surface area (Å²) in [6.45, 7) is 0. The van der Waals surface area contributed by atoms with Gasteiger partial charge in [0.25, 0.3) is 0 Å². The highest BCUT2D eigenvalue weighted by Gasteiger charge is 2.03. The van der Waals surface area contributed by atoms with Crippen molar-refractivity contribution >= 4 is 49.1 Å². The Hall–Kier alpha value is 0.270. The number of rotatable bonds is 1. The fourth-order valence-electron chi connectivity index (χ4n) is 0.749. The molecular formula is C7H6Br2ClN. The summed E-state index contributed by atoms with van der Waals surface area (Å²) in [5.74, 6) is 0.434. The van der Waals surface area contributed by atoms with E-state index in [2.05, 4.69) is 31.9 Å². The largest absolute Gasteiger partial charge is 0.398 e. The molecule has 0 fully saturated rings. The molecule has 2 N–H and O–H groups in total. The van der Waals surface area contributed by atoms with Gasteiger partial charge in [-0.1, -0.05) is 15.9 Å². The Morgan fingerprint density at radius 1 is 1.36 bits per heavy atom. The fraction of sp³-hybridized carbons (Fsp3) is 0.143. The Bertz CT molecular complexity index is 275. The lowest BCUT2D eigenvalue weighted by atomic mass is 10.2. The molecule has 4 heteroatoms. The van der Waals surface area contributed by atoms with Crippen LogP contribution in [-0.4, -0.2) is 0 Å². The standard InChI is InChI=1S/C7H6Br2ClN/c8-5-1-4(3-10)7(11)6(9)2-5/h1-2H,3,11H2. The van der Waals surface area contributed by atoms with Gasteiger partial charge in [-0.3, -0.25) is 0 Å². The maximum absolute atomic E-state index is 5.71. The van der Waals surface area contributed by atoms with Crippen molar-refractivity contribution in [1.29, 1.82) is 0 Å². The zero-order valence-electron chi connectivity index (χ0n) is 5.57. The van der Waals surface area contributed by atoms with E-state index < -0.39 is 0 Å². The molecule has 0 bridgehead atoms. The van der Waals surface area contributed by atoms with Gasteiger partial charge in [0, 0.05) is 14.8 Å². The zero-order valence-corrected chi connectivity index (χ0v) is 9.50. The van der Waals surface area contributed by atoms with E-state index in [1.54, 1.807) is 0 Å². The lowest BCUT2D eigenvalue weighted by Crippen LogP contribution is -1.92. The number of benzene rings is 1. The van der Waals surface area contributed by atoms with Crippen LogP contribution in [0.4, 0.5) is 5.69 Å². The van der Waals surface area contributed by atoms with E-state index in [0.717, 1.165) is 14.5 Å². The first kappa shape index (κ1) is 9.36. The molecule has 0 radical (unpaired) electrons. The molecule has 11 heavy (non-hydrogen) atoms. The smallest absolute Gasteiger partial charge is 0.0504 e. The van der Waals surface area contributed by atoms with Crippen molar-refractivity contribution in [1.82, 2.24) is 0 Å². The molecule has 0 aromatic heterocycles. The SMILES string of the molecule is Nc1c(Br)cc(Br)cc1CCl. The third kappa shape index (κ3) is 2.10. The van der Waals surface area contributed by atoms with Crippen molar-refractivity contribution in [2.24, 2.45) is 0 Å². The predicted molar refractivity (Wildman–Crippen MR) is 55.8 cm³/mol. The van der Waals surface area contributed by atoms with Gasteiger partial charge in [-0.15, -0.1) is 11.6 Å². The number of nitrogens with two attached hydrogens (primary N) is 1. The first-order valence-corrected chi connectivity index (χ1v) is 5.06. The van der Waals surface area contributed by atoms with Crippen molar-refractivity contribution in [3.63, 3.8) is 0 Å². The van der Waals surface area contributed by atoms with Crippen molar-refractivity contribution in [3.8, 4) is 0 Å². The lowest BCUT2D eigenvalue weighted by Gasteiger charge is -2.04. The van der Waals surface area contributed by atoms with E-state index in [1.165, 1.54) is 0 Å². The minimum Gasteiger partial charge on any atom is -0.398 e. The first-order valence-electron chi connectivity index (χ1n) is 2.94. The van der Waals surface area contributed by atoms with Crippen LogP contribution in [0.2, 0.25) is 0 Å². The van der Waals surface area contributed by atoms with Gasteiger partial charge in [-0.2, -0.15) is 0 Å². The molecule has 0 saturated carbocycles. The van der Waals surface area contributed by atoms with Crippen LogP contribution >= 0.6 is 43.5 Å². The molecule has 1 rings (SSSR count). The molecule has 0 unspecified atom stereocenters. The van der Waals surface area contributed by atoms with E-state index in [4.69, 9.17) is 17.3 Å². The summed E-state index contributed by atoms with van der Waals surface area (Å²) in [6.07, 6.45) is 0. The Morgan fingerprint density at radius 3 is 2.55 bits per heavy atom. The quantitative estimate of drug-likeness (QED) is 0.623. The van der Waals surface area contributed by atoms with Crippen molar-refractivity contribution < 1.29 is 0 Å². The maximum Gasteiger partial charge on any atom is 0.0504 e. The van der Waals surface area contributed by atoms with E-state index >= 15 is 0 Å². The number of nitrogen functional groups attached to an aromatic ring is 1. The normalized spacial score (nSPS) is 10.1. The molecule has 1 aromatic carbocycles. The van der Waals surface area contributed by atoms with E-state index in [-0.39, 0.29) is 0 Å². The van der Waals surface area contributed by atoms with E-state index in [0.29, 0.717) is 11.6 Å². The van der Waals surface area contributed by atoms with Gasteiger partial charge in [0.1, 0.15) is 0 Å². The summed E-state index contributed by atoms with van der Waals surface area (Å²) < 4.78 is 1.86. The van der Waals surface area contributed by atoms with Gasteiger partial charge in [0.15, 0.2) is 0 Å². The third-order valence-electron chi connectivity index (χ3n) is 1.32. The number of hydrogen-bond donors (Lipinski definition) is 1. The molecule has 0 heterocycles. The van der Waals surface area contributed by atoms with Crippen LogP contribution < -0.4 is 5.73 Å². The van der Waals surface area contributed by atoms with Crippen molar-refractivity contribution in [2.45, 2.75) is 5.88 Å². The second-order valence-corrected chi connectivity index (χ2v) is 4.13. The van der Waals surface area contributed by atoms with Gasteiger partial charge < -0.3 is 5.73 Å². The second kappa shape index (κ2) is 3.78. The summed E-state index contributed by atoms with van der Waals surface area (Å²) in [5, 5.41) is 0. The van der Waals surface area contributed by atoms with Crippen LogP contribution in [0.5, 0.6) is 0 Å². The Balaban J connectivity index is 3.24. The van der Waals surface area contributed by atoms with Crippen molar-refractivity contribution in [2.75, 3.05) is 5.73 Å². The molecule has 1 aromatic rings. The summed E-state index contributed by atoms with van der Waals surface area (Å²) in [7, 11) is 0. The number of halogens is 3. The Kier molecular flexibility index (Phi) is 3.22. The topological polar surface area (TPSA) is 26.0 Å². The minimum atomic E-state index is 0.434. The highest BCUT2D eigenvalue weighted by Crippen LogP contribution is 2.28. The molecule has 0 spiro atoms. The molecule has 0 aliphatic heterocycles. The van der Waals surface area contributed by atoms with Gasteiger partial charge in [0.2, 0.25) is 0 Å². The molecule has 0 amide bonds. The average Bonchev–Trinajstić information content (AvgIpc) is 1.96. The van der Waals surface area contributed by atoms with Crippen LogP contribution in [0.15, 0.2) is 21.1 Å². The molecule has 0 aliphatic rings. The van der Waals surface area contributed by atoms with Crippen LogP contribution in [0.3, 0.4) is 0 Å². The van der Waals surface area contributed by atoms with Gasteiger partial charge >= 0.3 is 0 Å². The summed E-state index contributed by atoms with van der Waals surface area (Å²) in [5.41, 5.74) is 7.36. The first-order chi connectivity index (χ1) is 5.15. The molecule has 0 saturated heterocycles. The molecule has 0 atom stereocenters. The average molecular weight is 299 g/mol. The lowest BCUT2D eigenvalue weighted by molar-refractivity contribution is 1.38.